The molecule has 1 aromatic heterocycles. The zero-order chi connectivity index (χ0) is 29.3. The maximum absolute atomic E-state index is 13.3. The summed E-state index contributed by atoms with van der Waals surface area (Å²) in [5.74, 6) is -0.00343. The standard InChI is InChI=1S/C33H35N5O5/c1-20-10-21(12-22(11-20)23-13-34-38(15-23)24-17-42-18-24)14-36-8-6-33(7-9-36)19-43-30-26-16-37(28-4-5-29(39)35-31(28)40)32(41)25(26)2-3-27(30)33/h2-3,10-13,15,24,28H,4-9,14,16-19H2,1H3,(H,35,39,40)/t28-/m0/s1. The second-order valence-electron chi connectivity index (χ2n) is 12.8. The van der Waals surface area contributed by atoms with E-state index in [0.717, 1.165) is 62.6 Å². The highest BCUT2D eigenvalue weighted by Crippen LogP contribution is 2.49. The number of hydrogen-bond donors (Lipinski definition) is 1. The summed E-state index contributed by atoms with van der Waals surface area (Å²) >= 11 is 0. The average Bonchev–Trinajstić information content (AvgIpc) is 3.66. The molecule has 222 valence electrons. The van der Waals surface area contributed by atoms with Gasteiger partial charge in [-0.3, -0.25) is 29.3 Å². The Labute approximate surface area is 249 Å². The van der Waals surface area contributed by atoms with Crippen molar-refractivity contribution in [3.05, 3.63) is 70.5 Å². The van der Waals surface area contributed by atoms with Crippen molar-refractivity contribution < 1.29 is 23.9 Å². The lowest BCUT2D eigenvalue weighted by Crippen LogP contribution is -2.52. The molecule has 1 N–H and O–H groups in total. The van der Waals surface area contributed by atoms with Gasteiger partial charge < -0.3 is 14.4 Å². The Kier molecular flexibility index (Phi) is 6.20. The fourth-order valence-corrected chi connectivity index (χ4v) is 7.48. The van der Waals surface area contributed by atoms with Crippen molar-refractivity contribution >= 4 is 17.7 Å². The van der Waals surface area contributed by atoms with Crippen molar-refractivity contribution in [1.29, 1.82) is 0 Å². The highest BCUT2D eigenvalue weighted by molar-refractivity contribution is 6.05. The molecule has 10 heteroatoms. The molecule has 3 saturated heterocycles. The number of aromatic nitrogens is 2. The van der Waals surface area contributed by atoms with E-state index in [4.69, 9.17) is 9.47 Å². The highest BCUT2D eigenvalue weighted by Gasteiger charge is 2.47. The molecule has 5 aliphatic rings. The van der Waals surface area contributed by atoms with Crippen LogP contribution in [0, 0.1) is 6.92 Å². The van der Waals surface area contributed by atoms with Crippen LogP contribution in [0.15, 0.2) is 42.7 Å². The normalized spacial score (nSPS) is 23.2. The van der Waals surface area contributed by atoms with Crippen molar-refractivity contribution in [3.8, 4) is 16.9 Å². The Hall–Kier alpha value is -4.02. The molecule has 0 bridgehead atoms. The second-order valence-corrected chi connectivity index (χ2v) is 12.8. The topological polar surface area (TPSA) is 106 Å². The van der Waals surface area contributed by atoms with Crippen LogP contribution in [-0.2, 0) is 32.8 Å². The van der Waals surface area contributed by atoms with E-state index in [2.05, 4.69) is 52.7 Å². The van der Waals surface area contributed by atoms with Crippen LogP contribution in [0.3, 0.4) is 0 Å². The molecule has 5 aliphatic heterocycles. The predicted molar refractivity (Wildman–Crippen MR) is 156 cm³/mol. The van der Waals surface area contributed by atoms with Gasteiger partial charge in [-0.2, -0.15) is 5.10 Å². The Morgan fingerprint density at radius 2 is 1.91 bits per heavy atom. The van der Waals surface area contributed by atoms with Gasteiger partial charge in [0.1, 0.15) is 11.8 Å². The van der Waals surface area contributed by atoms with E-state index >= 15 is 0 Å². The van der Waals surface area contributed by atoms with Crippen LogP contribution in [0.4, 0.5) is 0 Å². The lowest BCUT2D eigenvalue weighted by molar-refractivity contribution is -0.136. The average molecular weight is 582 g/mol. The molecule has 3 amide bonds. The number of hydrogen-bond acceptors (Lipinski definition) is 7. The van der Waals surface area contributed by atoms with Gasteiger partial charge in [0.25, 0.3) is 5.91 Å². The van der Waals surface area contributed by atoms with Crippen LogP contribution >= 0.6 is 0 Å². The number of likely N-dealkylation sites (tertiary alicyclic amines) is 1. The first-order chi connectivity index (χ1) is 20.9. The van der Waals surface area contributed by atoms with Crippen molar-refractivity contribution in [1.82, 2.24) is 24.9 Å². The van der Waals surface area contributed by atoms with Gasteiger partial charge in [0, 0.05) is 46.8 Å². The number of piperidine rings is 2. The third kappa shape index (κ3) is 4.46. The number of amides is 3. The first kappa shape index (κ1) is 26.6. The summed E-state index contributed by atoms with van der Waals surface area (Å²) in [5, 5.41) is 6.95. The maximum atomic E-state index is 13.3. The van der Waals surface area contributed by atoms with Crippen molar-refractivity contribution in [2.24, 2.45) is 0 Å². The molecule has 2 aromatic carbocycles. The molecule has 10 nitrogen and oxygen atoms in total. The van der Waals surface area contributed by atoms with Crippen LogP contribution in [0.5, 0.6) is 5.75 Å². The van der Waals surface area contributed by atoms with Gasteiger partial charge in [0.05, 0.1) is 38.6 Å². The number of carbonyl (C=O) groups is 3. The molecule has 3 fully saturated rings. The Morgan fingerprint density at radius 1 is 1.07 bits per heavy atom. The third-order valence-electron chi connectivity index (χ3n) is 10.0. The fraction of sp³-hybridized carbons (Fsp3) is 0.455. The molecule has 3 aromatic rings. The van der Waals surface area contributed by atoms with Crippen LogP contribution < -0.4 is 10.1 Å². The van der Waals surface area contributed by atoms with E-state index in [-0.39, 0.29) is 23.7 Å². The van der Waals surface area contributed by atoms with Gasteiger partial charge in [-0.15, -0.1) is 0 Å². The number of fused-ring (bicyclic) bond motifs is 4. The smallest absolute Gasteiger partial charge is 0.255 e. The van der Waals surface area contributed by atoms with Gasteiger partial charge in [-0.05, 0) is 62.5 Å². The molecule has 0 aliphatic carbocycles. The molecule has 8 rings (SSSR count). The summed E-state index contributed by atoms with van der Waals surface area (Å²) in [6.07, 6.45) is 6.65. The minimum absolute atomic E-state index is 0.0659. The van der Waals surface area contributed by atoms with E-state index in [1.165, 1.54) is 22.3 Å². The molecule has 0 radical (unpaired) electrons. The quantitative estimate of drug-likeness (QED) is 0.462. The number of rotatable bonds is 5. The Morgan fingerprint density at radius 3 is 2.67 bits per heavy atom. The fourth-order valence-electron chi connectivity index (χ4n) is 7.48. The lowest BCUT2D eigenvalue weighted by atomic mass is 9.74. The van der Waals surface area contributed by atoms with E-state index in [0.29, 0.717) is 31.2 Å². The molecule has 0 saturated carbocycles. The van der Waals surface area contributed by atoms with Crippen LogP contribution in [0.1, 0.15) is 64.3 Å². The molecular formula is C33H35N5O5. The third-order valence-corrected chi connectivity index (χ3v) is 10.0. The summed E-state index contributed by atoms with van der Waals surface area (Å²) in [5.41, 5.74) is 7.50. The molecular weight excluding hydrogens is 546 g/mol. The molecule has 1 spiro atoms. The Bertz CT molecular complexity index is 1650. The number of nitrogens with zero attached hydrogens (tertiary/aromatic N) is 4. The summed E-state index contributed by atoms with van der Waals surface area (Å²) in [4.78, 5) is 41.6. The van der Waals surface area contributed by atoms with Crippen molar-refractivity contribution in [3.63, 3.8) is 0 Å². The van der Waals surface area contributed by atoms with Crippen molar-refractivity contribution in [2.45, 2.75) is 63.2 Å². The number of benzene rings is 2. The number of carbonyl (C=O) groups excluding carboxylic acids is 3. The number of nitrogens with one attached hydrogen (secondary N) is 1. The van der Waals surface area contributed by atoms with E-state index < -0.39 is 11.9 Å². The van der Waals surface area contributed by atoms with E-state index in [1.54, 1.807) is 4.90 Å². The van der Waals surface area contributed by atoms with Gasteiger partial charge in [-0.1, -0.05) is 23.8 Å². The first-order valence-electron chi connectivity index (χ1n) is 15.3. The zero-order valence-corrected chi connectivity index (χ0v) is 24.3. The molecule has 1 atom stereocenters. The van der Waals surface area contributed by atoms with Crippen LogP contribution in [-0.4, -0.2) is 76.3 Å². The zero-order valence-electron chi connectivity index (χ0n) is 24.3. The van der Waals surface area contributed by atoms with Crippen LogP contribution in [0.25, 0.3) is 11.1 Å². The maximum Gasteiger partial charge on any atom is 0.255 e. The highest BCUT2D eigenvalue weighted by atomic mass is 16.5. The monoisotopic (exact) mass is 581 g/mol. The predicted octanol–water partition coefficient (Wildman–Crippen LogP) is 3.12. The van der Waals surface area contributed by atoms with Gasteiger partial charge in [0.2, 0.25) is 11.8 Å². The van der Waals surface area contributed by atoms with Crippen LogP contribution in [0.2, 0.25) is 0 Å². The number of ether oxygens (including phenoxy) is 2. The summed E-state index contributed by atoms with van der Waals surface area (Å²) in [6.45, 7) is 7.39. The van der Waals surface area contributed by atoms with E-state index in [9.17, 15) is 14.4 Å². The minimum atomic E-state index is -0.623. The molecule has 6 heterocycles. The lowest BCUT2D eigenvalue weighted by Gasteiger charge is -2.38. The Balaban J connectivity index is 0.960. The minimum Gasteiger partial charge on any atom is -0.492 e. The number of imide groups is 1. The second kappa shape index (κ2) is 10.0. The van der Waals surface area contributed by atoms with E-state index in [1.807, 2.05) is 16.9 Å². The first-order valence-corrected chi connectivity index (χ1v) is 15.3. The molecule has 43 heavy (non-hydrogen) atoms. The molecule has 0 unspecified atom stereocenters. The largest absolute Gasteiger partial charge is 0.492 e. The summed E-state index contributed by atoms with van der Waals surface area (Å²) in [6, 6.07) is 10.5. The van der Waals surface area contributed by atoms with Gasteiger partial charge in [0.15, 0.2) is 0 Å². The SMILES string of the molecule is Cc1cc(CN2CCC3(CC2)COc2c3ccc3c2CN([C@H]2CCC(=O)NC2=O)C3=O)cc(-c2cnn(C3COC3)c2)c1. The number of aryl methyl sites for hydroxylation is 1. The summed E-state index contributed by atoms with van der Waals surface area (Å²) in [7, 11) is 0. The summed E-state index contributed by atoms with van der Waals surface area (Å²) < 4.78 is 13.7. The van der Waals surface area contributed by atoms with Gasteiger partial charge >= 0.3 is 0 Å². The van der Waals surface area contributed by atoms with Gasteiger partial charge in [-0.25, -0.2) is 0 Å². The van der Waals surface area contributed by atoms with Crippen molar-refractivity contribution in [2.75, 3.05) is 32.9 Å².